The molecule has 0 unspecified atom stereocenters. The lowest BCUT2D eigenvalue weighted by molar-refractivity contribution is -0.126. The maximum absolute atomic E-state index is 12.4. The molecule has 1 aromatic carbocycles. The maximum Gasteiger partial charge on any atom is 0.143 e. The molecule has 114 valence electrons. The second-order valence-electron chi connectivity index (χ2n) is 6.52. The molecule has 1 atom stereocenters. The van der Waals surface area contributed by atoms with E-state index in [2.05, 4.69) is 19.1 Å². The van der Waals surface area contributed by atoms with Crippen LogP contribution < -0.4 is 9.47 Å². The van der Waals surface area contributed by atoms with Crippen molar-refractivity contribution in [1.29, 1.82) is 0 Å². The Morgan fingerprint density at radius 2 is 2.09 bits per heavy atom. The molecule has 22 heavy (non-hydrogen) atoms. The van der Waals surface area contributed by atoms with E-state index in [4.69, 9.17) is 9.47 Å². The number of rotatable bonds is 1. The van der Waals surface area contributed by atoms with Gasteiger partial charge in [0.25, 0.3) is 0 Å². The fraction of sp³-hybridized carbons (Fsp3) is 0.421. The zero-order chi connectivity index (χ0) is 15.3. The maximum atomic E-state index is 12.4. The zero-order valence-electron chi connectivity index (χ0n) is 13.1. The molecule has 3 aliphatic rings. The van der Waals surface area contributed by atoms with Gasteiger partial charge in [-0.2, -0.15) is 0 Å². The summed E-state index contributed by atoms with van der Waals surface area (Å²) in [5.41, 5.74) is 4.65. The Hall–Kier alpha value is -2.03. The van der Waals surface area contributed by atoms with Crippen molar-refractivity contribution in [3.8, 4) is 11.5 Å². The Morgan fingerprint density at radius 1 is 1.23 bits per heavy atom. The lowest BCUT2D eigenvalue weighted by Crippen LogP contribution is -2.37. The molecule has 2 aliphatic carbocycles. The topological polar surface area (TPSA) is 35.5 Å². The molecule has 0 aromatic heterocycles. The fourth-order valence-electron chi connectivity index (χ4n) is 4.03. The molecule has 1 aromatic rings. The van der Waals surface area contributed by atoms with Crippen LogP contribution >= 0.6 is 0 Å². The first kappa shape index (κ1) is 13.6. The summed E-state index contributed by atoms with van der Waals surface area (Å²) >= 11 is 0. The monoisotopic (exact) mass is 296 g/mol. The SMILES string of the molecule is COc1ccc2c(c1)OCC1=C2CC[C@@]2(C)C(=O)CCC=C12. The highest BCUT2D eigenvalue weighted by atomic mass is 16.5. The lowest BCUT2D eigenvalue weighted by Gasteiger charge is -2.42. The number of hydrogen-bond donors (Lipinski definition) is 0. The van der Waals surface area contributed by atoms with E-state index in [9.17, 15) is 4.79 Å². The molecule has 0 radical (unpaired) electrons. The first-order chi connectivity index (χ1) is 10.6. The van der Waals surface area contributed by atoms with Crippen LogP contribution in [-0.2, 0) is 4.79 Å². The van der Waals surface area contributed by atoms with Gasteiger partial charge < -0.3 is 9.47 Å². The molecule has 4 rings (SSSR count). The van der Waals surface area contributed by atoms with Crippen LogP contribution in [0.2, 0.25) is 0 Å². The third-order valence-electron chi connectivity index (χ3n) is 5.38. The van der Waals surface area contributed by atoms with Gasteiger partial charge >= 0.3 is 0 Å². The van der Waals surface area contributed by atoms with Gasteiger partial charge in [0.05, 0.1) is 12.5 Å². The number of carbonyl (C=O) groups excluding carboxylic acids is 1. The Bertz CT molecular complexity index is 726. The number of ketones is 1. The number of benzene rings is 1. The van der Waals surface area contributed by atoms with Crippen molar-refractivity contribution >= 4 is 11.4 Å². The summed E-state index contributed by atoms with van der Waals surface area (Å²) in [5, 5.41) is 0. The molecule has 0 N–H and O–H groups in total. The predicted octanol–water partition coefficient (Wildman–Crippen LogP) is 3.93. The molecular weight excluding hydrogens is 276 g/mol. The standard InChI is InChI=1S/C19H20O3/c1-19-9-8-13-14-7-6-12(21-2)10-17(14)22-11-15(13)16(19)4-3-5-18(19)20/h4,6-7,10H,3,5,8-9,11H2,1-2H3/t19-/m1/s1. The summed E-state index contributed by atoms with van der Waals surface area (Å²) in [6, 6.07) is 6.01. The van der Waals surface area contributed by atoms with Crippen molar-refractivity contribution in [2.45, 2.75) is 32.6 Å². The van der Waals surface area contributed by atoms with E-state index in [1.807, 2.05) is 12.1 Å². The van der Waals surface area contributed by atoms with Crippen LogP contribution in [0.4, 0.5) is 0 Å². The molecule has 1 heterocycles. The highest BCUT2D eigenvalue weighted by molar-refractivity contribution is 5.94. The third kappa shape index (κ3) is 1.78. The van der Waals surface area contributed by atoms with Crippen LogP contribution in [0.15, 0.2) is 35.4 Å². The van der Waals surface area contributed by atoms with E-state index in [-0.39, 0.29) is 5.41 Å². The summed E-state index contributed by atoms with van der Waals surface area (Å²) in [6.07, 6.45) is 5.64. The fourth-order valence-corrected chi connectivity index (χ4v) is 4.03. The predicted molar refractivity (Wildman–Crippen MR) is 85.1 cm³/mol. The molecule has 3 heteroatoms. The quantitative estimate of drug-likeness (QED) is 0.787. The van der Waals surface area contributed by atoms with Gasteiger partial charge in [-0.3, -0.25) is 4.79 Å². The van der Waals surface area contributed by atoms with Crippen LogP contribution in [0.1, 0.15) is 38.2 Å². The third-order valence-corrected chi connectivity index (χ3v) is 5.38. The van der Waals surface area contributed by atoms with E-state index in [0.29, 0.717) is 18.8 Å². The van der Waals surface area contributed by atoms with E-state index >= 15 is 0 Å². The normalized spacial score (nSPS) is 26.5. The largest absolute Gasteiger partial charge is 0.497 e. The van der Waals surface area contributed by atoms with E-state index in [1.165, 1.54) is 16.7 Å². The molecule has 0 bridgehead atoms. The Kier molecular flexibility index (Phi) is 2.93. The summed E-state index contributed by atoms with van der Waals surface area (Å²) in [7, 11) is 1.67. The van der Waals surface area contributed by atoms with Crippen LogP contribution in [0.25, 0.3) is 5.57 Å². The van der Waals surface area contributed by atoms with Crippen molar-refractivity contribution in [2.24, 2.45) is 5.41 Å². The number of ether oxygens (including phenoxy) is 2. The van der Waals surface area contributed by atoms with Crippen molar-refractivity contribution in [1.82, 2.24) is 0 Å². The molecule has 1 aliphatic heterocycles. The van der Waals surface area contributed by atoms with E-state index in [0.717, 1.165) is 36.3 Å². The number of fused-ring (bicyclic) bond motifs is 4. The molecule has 0 saturated heterocycles. The summed E-state index contributed by atoms with van der Waals surface area (Å²) < 4.78 is 11.3. The smallest absolute Gasteiger partial charge is 0.143 e. The van der Waals surface area contributed by atoms with Gasteiger partial charge in [0.15, 0.2) is 0 Å². The summed E-state index contributed by atoms with van der Waals surface area (Å²) in [4.78, 5) is 12.4. The second kappa shape index (κ2) is 4.73. The minimum atomic E-state index is -0.301. The molecule has 3 nitrogen and oxygen atoms in total. The van der Waals surface area contributed by atoms with Crippen molar-refractivity contribution in [3.63, 3.8) is 0 Å². The van der Waals surface area contributed by atoms with Crippen LogP contribution in [0.5, 0.6) is 11.5 Å². The summed E-state index contributed by atoms with van der Waals surface area (Å²) in [6.45, 7) is 2.66. The van der Waals surface area contributed by atoms with Gasteiger partial charge in [-0.1, -0.05) is 6.08 Å². The highest BCUT2D eigenvalue weighted by Crippen LogP contribution is 2.52. The van der Waals surface area contributed by atoms with Gasteiger partial charge in [-0.05, 0) is 55.0 Å². The van der Waals surface area contributed by atoms with Crippen molar-refractivity contribution in [2.75, 3.05) is 13.7 Å². The first-order valence-corrected chi connectivity index (χ1v) is 7.91. The minimum absolute atomic E-state index is 0.301. The van der Waals surface area contributed by atoms with Crippen LogP contribution in [-0.4, -0.2) is 19.5 Å². The van der Waals surface area contributed by atoms with Crippen LogP contribution in [0.3, 0.4) is 0 Å². The Balaban J connectivity index is 1.85. The molecule has 0 fully saturated rings. The van der Waals surface area contributed by atoms with E-state index < -0.39 is 0 Å². The van der Waals surface area contributed by atoms with Crippen molar-refractivity contribution in [3.05, 3.63) is 41.0 Å². The first-order valence-electron chi connectivity index (χ1n) is 7.91. The van der Waals surface area contributed by atoms with Gasteiger partial charge in [0.1, 0.15) is 23.9 Å². The van der Waals surface area contributed by atoms with Gasteiger partial charge in [0, 0.05) is 18.1 Å². The average molecular weight is 296 g/mol. The Morgan fingerprint density at radius 3 is 2.91 bits per heavy atom. The number of hydrogen-bond acceptors (Lipinski definition) is 3. The molecular formula is C19H20O3. The van der Waals surface area contributed by atoms with Crippen molar-refractivity contribution < 1.29 is 14.3 Å². The second-order valence-corrected chi connectivity index (χ2v) is 6.52. The number of allylic oxidation sites excluding steroid dienone is 2. The molecule has 0 amide bonds. The molecule has 0 saturated carbocycles. The number of methoxy groups -OCH3 is 1. The van der Waals surface area contributed by atoms with E-state index in [1.54, 1.807) is 7.11 Å². The zero-order valence-corrected chi connectivity index (χ0v) is 13.1. The molecule has 0 spiro atoms. The highest BCUT2D eigenvalue weighted by Gasteiger charge is 2.44. The van der Waals surface area contributed by atoms with Gasteiger partial charge in [-0.25, -0.2) is 0 Å². The lowest BCUT2D eigenvalue weighted by atomic mass is 9.62. The average Bonchev–Trinajstić information content (AvgIpc) is 2.55. The minimum Gasteiger partial charge on any atom is -0.497 e. The van der Waals surface area contributed by atoms with Gasteiger partial charge in [-0.15, -0.1) is 0 Å². The van der Waals surface area contributed by atoms with Gasteiger partial charge in [0.2, 0.25) is 0 Å². The Labute approximate surface area is 130 Å². The number of Topliss-reactive ketones (excluding diaryl/α,β-unsaturated/α-hetero) is 1. The van der Waals surface area contributed by atoms with Crippen LogP contribution in [0, 0.1) is 5.41 Å². The number of carbonyl (C=O) groups is 1. The summed E-state index contributed by atoms with van der Waals surface area (Å²) in [5.74, 6) is 2.09.